The van der Waals surface area contributed by atoms with Crippen LogP contribution in [0.2, 0.25) is 0 Å². The third-order valence-corrected chi connectivity index (χ3v) is 0.932. The second-order valence-corrected chi connectivity index (χ2v) is 2.39. The zero-order valence-electron chi connectivity index (χ0n) is 7.06. The Kier molecular flexibility index (Phi) is 5.77. The standard InChI is InChI=1S/C6H13NO5/c1-5(8)3-11-4-6(2)12-7(9)10/h6,9-10H,3-4H2,1-2H3/t6-/m1/s1. The molecule has 0 rings (SSSR count). The Hall–Kier alpha value is -0.530. The predicted molar refractivity (Wildman–Crippen MR) is 37.5 cm³/mol. The molecule has 0 fully saturated rings. The first-order valence-electron chi connectivity index (χ1n) is 3.44. The van der Waals surface area contributed by atoms with Crippen molar-refractivity contribution in [1.82, 2.24) is 5.39 Å². The largest absolute Gasteiger partial charge is 0.371 e. The van der Waals surface area contributed by atoms with E-state index in [0.717, 1.165) is 0 Å². The number of ketones is 1. The Labute approximate surface area is 70.2 Å². The number of Topliss-reactive ketones (excluding diaryl/α,β-unsaturated/α-hetero) is 1. The van der Waals surface area contributed by atoms with Gasteiger partial charge in [-0.15, -0.1) is 0 Å². The van der Waals surface area contributed by atoms with E-state index in [1.54, 1.807) is 6.92 Å². The molecule has 0 spiro atoms. The fraction of sp³-hybridized carbons (Fsp3) is 0.833. The summed E-state index contributed by atoms with van der Waals surface area (Å²) in [5.41, 5.74) is 0. The molecule has 0 aromatic rings. The molecule has 0 aromatic heterocycles. The van der Waals surface area contributed by atoms with Crippen molar-refractivity contribution < 1.29 is 24.8 Å². The second kappa shape index (κ2) is 6.04. The average molecular weight is 179 g/mol. The van der Waals surface area contributed by atoms with E-state index in [9.17, 15) is 4.79 Å². The summed E-state index contributed by atoms with van der Waals surface area (Å²) in [5, 5.41) is 16.0. The minimum Gasteiger partial charge on any atom is -0.371 e. The summed E-state index contributed by atoms with van der Waals surface area (Å²) >= 11 is 0. The molecule has 1 atom stereocenters. The summed E-state index contributed by atoms with van der Waals surface area (Å²) in [6.45, 7) is 3.09. The highest BCUT2D eigenvalue weighted by atomic mass is 17.1. The van der Waals surface area contributed by atoms with Gasteiger partial charge in [0.2, 0.25) is 0 Å². The van der Waals surface area contributed by atoms with E-state index < -0.39 is 6.10 Å². The van der Waals surface area contributed by atoms with Crippen molar-refractivity contribution in [2.24, 2.45) is 0 Å². The van der Waals surface area contributed by atoms with Gasteiger partial charge >= 0.3 is 0 Å². The summed E-state index contributed by atoms with van der Waals surface area (Å²) in [5.74, 6) is -0.0907. The van der Waals surface area contributed by atoms with Gasteiger partial charge in [-0.05, 0) is 13.8 Å². The molecule has 0 amide bonds. The molecule has 0 heterocycles. The van der Waals surface area contributed by atoms with Crippen molar-refractivity contribution in [2.75, 3.05) is 13.2 Å². The highest BCUT2D eigenvalue weighted by molar-refractivity contribution is 5.76. The molecule has 0 unspecified atom stereocenters. The normalized spacial score (nSPS) is 13.4. The Bertz CT molecular complexity index is 138. The van der Waals surface area contributed by atoms with Crippen LogP contribution in [0.15, 0.2) is 0 Å². The van der Waals surface area contributed by atoms with Crippen molar-refractivity contribution in [3.63, 3.8) is 0 Å². The van der Waals surface area contributed by atoms with Crippen LogP contribution in [0.25, 0.3) is 0 Å². The Morgan fingerprint density at radius 3 is 2.58 bits per heavy atom. The van der Waals surface area contributed by atoms with Crippen LogP contribution < -0.4 is 0 Å². The van der Waals surface area contributed by atoms with E-state index in [-0.39, 0.29) is 24.4 Å². The van der Waals surface area contributed by atoms with Crippen molar-refractivity contribution in [2.45, 2.75) is 20.0 Å². The molecule has 0 saturated heterocycles. The fourth-order valence-corrected chi connectivity index (χ4v) is 0.560. The molecule has 6 heteroatoms. The molecule has 2 N–H and O–H groups in total. The molecule has 0 aromatic carbocycles. The SMILES string of the molecule is CC(=O)COC[C@@H](C)ON(O)O. The van der Waals surface area contributed by atoms with Crippen molar-refractivity contribution in [3.05, 3.63) is 0 Å². The van der Waals surface area contributed by atoms with Gasteiger partial charge in [0.1, 0.15) is 12.7 Å². The lowest BCUT2D eigenvalue weighted by atomic mass is 10.4. The van der Waals surface area contributed by atoms with E-state index in [4.69, 9.17) is 15.2 Å². The van der Waals surface area contributed by atoms with Gasteiger partial charge < -0.3 is 4.74 Å². The number of hydrogen-bond donors (Lipinski definition) is 2. The van der Waals surface area contributed by atoms with Gasteiger partial charge in [0, 0.05) is 0 Å². The lowest BCUT2D eigenvalue weighted by molar-refractivity contribution is -0.504. The maximum Gasteiger partial charge on any atom is 0.155 e. The lowest BCUT2D eigenvalue weighted by Crippen LogP contribution is -2.26. The molecule has 12 heavy (non-hydrogen) atoms. The summed E-state index contributed by atoms with van der Waals surface area (Å²) in [7, 11) is 0. The first-order chi connectivity index (χ1) is 5.52. The number of ether oxygens (including phenoxy) is 1. The monoisotopic (exact) mass is 179 g/mol. The zero-order valence-corrected chi connectivity index (χ0v) is 7.06. The van der Waals surface area contributed by atoms with Gasteiger partial charge in [0.05, 0.1) is 12.0 Å². The summed E-state index contributed by atoms with van der Waals surface area (Å²) in [6.07, 6.45) is -0.514. The summed E-state index contributed by atoms with van der Waals surface area (Å²) in [6, 6.07) is 0. The maximum absolute atomic E-state index is 10.4. The Morgan fingerprint density at radius 1 is 1.58 bits per heavy atom. The van der Waals surface area contributed by atoms with Crippen LogP contribution in [-0.4, -0.2) is 40.9 Å². The molecule has 0 saturated carbocycles. The third-order valence-electron chi connectivity index (χ3n) is 0.932. The van der Waals surface area contributed by atoms with Crippen LogP contribution in [0.5, 0.6) is 0 Å². The molecular weight excluding hydrogens is 166 g/mol. The molecule has 0 bridgehead atoms. The first-order valence-corrected chi connectivity index (χ1v) is 3.44. The maximum atomic E-state index is 10.4. The Balaban J connectivity index is 3.31. The van der Waals surface area contributed by atoms with Crippen molar-refractivity contribution >= 4 is 5.78 Å². The number of rotatable bonds is 6. The molecule has 0 aliphatic heterocycles. The van der Waals surface area contributed by atoms with E-state index in [0.29, 0.717) is 0 Å². The van der Waals surface area contributed by atoms with Crippen LogP contribution in [0.3, 0.4) is 0 Å². The molecule has 0 radical (unpaired) electrons. The zero-order chi connectivity index (χ0) is 9.56. The number of nitrogens with zero attached hydrogens (tertiary/aromatic N) is 1. The molecule has 0 aliphatic carbocycles. The van der Waals surface area contributed by atoms with Crippen LogP contribution >= 0.6 is 0 Å². The van der Waals surface area contributed by atoms with Crippen LogP contribution in [0.4, 0.5) is 0 Å². The van der Waals surface area contributed by atoms with E-state index in [1.807, 2.05) is 0 Å². The quantitative estimate of drug-likeness (QED) is 0.558. The van der Waals surface area contributed by atoms with Gasteiger partial charge in [-0.2, -0.15) is 0 Å². The molecule has 0 aliphatic rings. The van der Waals surface area contributed by atoms with Crippen LogP contribution in [0.1, 0.15) is 13.8 Å². The lowest BCUT2D eigenvalue weighted by Gasteiger charge is -2.13. The average Bonchev–Trinajstić information content (AvgIpc) is 1.84. The fourth-order valence-electron chi connectivity index (χ4n) is 0.560. The topological polar surface area (TPSA) is 79.2 Å². The summed E-state index contributed by atoms with van der Waals surface area (Å²) in [4.78, 5) is 14.7. The second-order valence-electron chi connectivity index (χ2n) is 2.39. The highest BCUT2D eigenvalue weighted by Gasteiger charge is 2.06. The number of carbonyl (C=O) groups is 1. The third kappa shape index (κ3) is 7.58. The van der Waals surface area contributed by atoms with Gasteiger partial charge in [-0.3, -0.25) is 15.2 Å². The van der Waals surface area contributed by atoms with Crippen molar-refractivity contribution in [3.8, 4) is 0 Å². The first kappa shape index (κ1) is 11.5. The van der Waals surface area contributed by atoms with E-state index >= 15 is 0 Å². The minimum absolute atomic E-state index is 0.00452. The van der Waals surface area contributed by atoms with Crippen molar-refractivity contribution in [1.29, 1.82) is 0 Å². The van der Waals surface area contributed by atoms with Gasteiger partial charge in [-0.25, -0.2) is 4.84 Å². The molecule has 6 nitrogen and oxygen atoms in total. The highest BCUT2D eigenvalue weighted by Crippen LogP contribution is 1.92. The van der Waals surface area contributed by atoms with E-state index in [1.165, 1.54) is 6.92 Å². The minimum atomic E-state index is -0.514. The smallest absolute Gasteiger partial charge is 0.155 e. The number of hydrogen-bond acceptors (Lipinski definition) is 6. The predicted octanol–water partition coefficient (Wildman–Crippen LogP) is -0.00750. The Morgan fingerprint density at radius 2 is 2.17 bits per heavy atom. The van der Waals surface area contributed by atoms with Gasteiger partial charge in [-0.1, -0.05) is 0 Å². The summed E-state index contributed by atoms with van der Waals surface area (Å²) < 4.78 is 4.83. The molecule has 72 valence electrons. The van der Waals surface area contributed by atoms with Gasteiger partial charge in [0.15, 0.2) is 5.78 Å². The van der Waals surface area contributed by atoms with Crippen LogP contribution in [-0.2, 0) is 14.4 Å². The van der Waals surface area contributed by atoms with Crippen LogP contribution in [0, 0.1) is 0 Å². The molecular formula is C6H13NO5. The van der Waals surface area contributed by atoms with E-state index in [2.05, 4.69) is 4.84 Å². The van der Waals surface area contributed by atoms with Gasteiger partial charge in [0.25, 0.3) is 0 Å². The number of carbonyl (C=O) groups excluding carboxylic acids is 1.